The molecule has 0 aliphatic carbocycles. The van der Waals surface area contributed by atoms with Crippen molar-refractivity contribution in [3.63, 3.8) is 0 Å². The molecule has 2 N–H and O–H groups in total. The van der Waals surface area contributed by atoms with E-state index in [9.17, 15) is 9.59 Å². The standard InChI is InChI=1S/C13H14ClN3O3S/c1-7-11(8(2)17(16-7)5-3-10(18)19)15-13(20)9-4-6-21-12(9)14/h4,6H,3,5H2,1-2H3,(H,15,20)(H,18,19). The van der Waals surface area contributed by atoms with Crippen LogP contribution in [0, 0.1) is 13.8 Å². The maximum Gasteiger partial charge on any atom is 0.305 e. The summed E-state index contributed by atoms with van der Waals surface area (Å²) in [7, 11) is 0. The number of anilines is 1. The number of carbonyl (C=O) groups is 2. The SMILES string of the molecule is Cc1nn(CCC(=O)O)c(C)c1NC(=O)c1ccsc1Cl. The Kier molecular flexibility index (Phi) is 4.64. The average Bonchev–Trinajstić information content (AvgIpc) is 2.95. The predicted octanol–water partition coefficient (Wildman–Crippen LogP) is 2.94. The van der Waals surface area contributed by atoms with Gasteiger partial charge in [0.1, 0.15) is 4.34 Å². The van der Waals surface area contributed by atoms with Crippen LogP contribution in [0.15, 0.2) is 11.4 Å². The van der Waals surface area contributed by atoms with Crippen LogP contribution in [0.2, 0.25) is 4.34 Å². The number of aromatic nitrogens is 2. The Morgan fingerprint density at radius 2 is 2.19 bits per heavy atom. The third-order valence-electron chi connectivity index (χ3n) is 3.02. The Morgan fingerprint density at radius 1 is 1.48 bits per heavy atom. The van der Waals surface area contributed by atoms with Crippen molar-refractivity contribution >= 4 is 40.5 Å². The number of hydrogen-bond donors (Lipinski definition) is 2. The first-order chi connectivity index (χ1) is 9.90. The van der Waals surface area contributed by atoms with Crippen LogP contribution in [0.5, 0.6) is 0 Å². The van der Waals surface area contributed by atoms with Crippen LogP contribution in [-0.4, -0.2) is 26.8 Å². The average molecular weight is 328 g/mol. The normalized spacial score (nSPS) is 10.6. The van der Waals surface area contributed by atoms with E-state index in [0.29, 0.717) is 27.0 Å². The summed E-state index contributed by atoms with van der Waals surface area (Å²) in [6, 6.07) is 1.65. The van der Waals surface area contributed by atoms with Gasteiger partial charge in [0.15, 0.2) is 0 Å². The van der Waals surface area contributed by atoms with E-state index < -0.39 is 5.97 Å². The van der Waals surface area contributed by atoms with Crippen LogP contribution in [0.25, 0.3) is 0 Å². The van der Waals surface area contributed by atoms with E-state index in [2.05, 4.69) is 10.4 Å². The second-order valence-electron chi connectivity index (χ2n) is 4.47. The molecule has 0 aliphatic heterocycles. The number of amides is 1. The van der Waals surface area contributed by atoms with Crippen molar-refractivity contribution in [1.82, 2.24) is 9.78 Å². The number of rotatable bonds is 5. The van der Waals surface area contributed by atoms with Crippen LogP contribution >= 0.6 is 22.9 Å². The molecule has 0 atom stereocenters. The maximum atomic E-state index is 12.2. The molecule has 112 valence electrons. The first-order valence-corrected chi connectivity index (χ1v) is 7.46. The molecule has 1 amide bonds. The molecule has 0 spiro atoms. The summed E-state index contributed by atoms with van der Waals surface area (Å²) >= 11 is 7.23. The van der Waals surface area contributed by atoms with E-state index in [0.717, 1.165) is 0 Å². The zero-order valence-corrected chi connectivity index (χ0v) is 13.1. The van der Waals surface area contributed by atoms with Crippen molar-refractivity contribution < 1.29 is 14.7 Å². The summed E-state index contributed by atoms with van der Waals surface area (Å²) in [6.45, 7) is 3.80. The van der Waals surface area contributed by atoms with Gasteiger partial charge in [-0.25, -0.2) is 0 Å². The highest BCUT2D eigenvalue weighted by Crippen LogP contribution is 2.25. The van der Waals surface area contributed by atoms with E-state index in [1.54, 1.807) is 30.0 Å². The van der Waals surface area contributed by atoms with E-state index in [1.165, 1.54) is 11.3 Å². The minimum atomic E-state index is -0.891. The quantitative estimate of drug-likeness (QED) is 0.884. The number of thiophene rings is 1. The minimum Gasteiger partial charge on any atom is -0.481 e. The van der Waals surface area contributed by atoms with Crippen LogP contribution in [0.3, 0.4) is 0 Å². The Labute approximate surface area is 130 Å². The number of hydrogen-bond acceptors (Lipinski definition) is 4. The molecule has 2 heterocycles. The molecule has 2 aromatic heterocycles. The lowest BCUT2D eigenvalue weighted by atomic mass is 10.2. The molecule has 0 aliphatic rings. The number of nitrogens with zero attached hydrogens (tertiary/aromatic N) is 2. The van der Waals surface area contributed by atoms with Crippen LogP contribution in [0.1, 0.15) is 28.2 Å². The van der Waals surface area contributed by atoms with Crippen LogP contribution in [-0.2, 0) is 11.3 Å². The van der Waals surface area contributed by atoms with Gasteiger partial charge in [0.05, 0.1) is 35.6 Å². The van der Waals surface area contributed by atoms with Gasteiger partial charge in [0.2, 0.25) is 0 Å². The second kappa shape index (κ2) is 6.28. The summed E-state index contributed by atoms with van der Waals surface area (Å²) in [5, 5.41) is 17.5. The van der Waals surface area contributed by atoms with Gasteiger partial charge in [0, 0.05) is 0 Å². The van der Waals surface area contributed by atoms with Gasteiger partial charge in [-0.3, -0.25) is 14.3 Å². The molecule has 0 bridgehead atoms. The van der Waals surface area contributed by atoms with E-state index >= 15 is 0 Å². The Bertz CT molecular complexity index is 693. The van der Waals surface area contributed by atoms with E-state index in [1.807, 2.05) is 0 Å². The third kappa shape index (κ3) is 3.43. The Balaban J connectivity index is 2.19. The van der Waals surface area contributed by atoms with Crippen molar-refractivity contribution in [1.29, 1.82) is 0 Å². The third-order valence-corrected chi connectivity index (χ3v) is 4.19. The van der Waals surface area contributed by atoms with E-state index in [-0.39, 0.29) is 18.9 Å². The summed E-state index contributed by atoms with van der Waals surface area (Å²) in [5.41, 5.74) is 2.36. The molecule has 0 saturated carbocycles. The van der Waals surface area contributed by atoms with Crippen LogP contribution < -0.4 is 5.32 Å². The molecule has 8 heteroatoms. The maximum absolute atomic E-state index is 12.2. The summed E-state index contributed by atoms with van der Waals surface area (Å²) in [6.07, 6.45) is -0.0221. The molecule has 21 heavy (non-hydrogen) atoms. The number of aryl methyl sites for hydroxylation is 2. The lowest BCUT2D eigenvalue weighted by Crippen LogP contribution is -2.13. The molecule has 0 saturated heterocycles. The molecule has 6 nitrogen and oxygen atoms in total. The second-order valence-corrected chi connectivity index (χ2v) is 5.99. The largest absolute Gasteiger partial charge is 0.481 e. The highest BCUT2D eigenvalue weighted by Gasteiger charge is 2.17. The van der Waals surface area contributed by atoms with Crippen molar-refractivity contribution in [2.75, 3.05) is 5.32 Å². The number of aliphatic carboxylic acids is 1. The number of carboxylic acids is 1. The van der Waals surface area contributed by atoms with Crippen molar-refractivity contribution in [3.8, 4) is 0 Å². The topological polar surface area (TPSA) is 84.2 Å². The summed E-state index contributed by atoms with van der Waals surface area (Å²) < 4.78 is 2.01. The smallest absolute Gasteiger partial charge is 0.305 e. The lowest BCUT2D eigenvalue weighted by molar-refractivity contribution is -0.137. The first kappa shape index (κ1) is 15.5. The molecule has 0 fully saturated rings. The highest BCUT2D eigenvalue weighted by atomic mass is 35.5. The number of nitrogens with one attached hydrogen (secondary N) is 1. The zero-order valence-electron chi connectivity index (χ0n) is 11.5. The summed E-state index contributed by atoms with van der Waals surface area (Å²) in [4.78, 5) is 22.8. The highest BCUT2D eigenvalue weighted by molar-refractivity contribution is 7.14. The van der Waals surface area contributed by atoms with Crippen molar-refractivity contribution in [2.24, 2.45) is 0 Å². The Morgan fingerprint density at radius 3 is 2.76 bits per heavy atom. The Hall–Kier alpha value is -1.86. The minimum absolute atomic E-state index is 0.0221. The van der Waals surface area contributed by atoms with Gasteiger partial charge in [-0.2, -0.15) is 5.10 Å². The van der Waals surface area contributed by atoms with Crippen LogP contribution in [0.4, 0.5) is 5.69 Å². The monoisotopic (exact) mass is 327 g/mol. The molecule has 2 rings (SSSR count). The van der Waals surface area contributed by atoms with Gasteiger partial charge in [-0.1, -0.05) is 11.6 Å². The van der Waals surface area contributed by atoms with Gasteiger partial charge >= 0.3 is 5.97 Å². The van der Waals surface area contributed by atoms with Crippen molar-refractivity contribution in [3.05, 3.63) is 32.7 Å². The number of halogens is 1. The molecular formula is C13H14ClN3O3S. The fourth-order valence-electron chi connectivity index (χ4n) is 1.93. The van der Waals surface area contributed by atoms with Gasteiger partial charge in [0.25, 0.3) is 5.91 Å². The zero-order chi connectivity index (χ0) is 15.6. The molecule has 2 aromatic rings. The fraction of sp³-hybridized carbons (Fsp3) is 0.308. The van der Waals surface area contributed by atoms with Crippen molar-refractivity contribution in [2.45, 2.75) is 26.8 Å². The number of carbonyl (C=O) groups excluding carboxylic acids is 1. The lowest BCUT2D eigenvalue weighted by Gasteiger charge is -2.06. The van der Waals surface area contributed by atoms with Gasteiger partial charge < -0.3 is 10.4 Å². The fourth-order valence-corrected chi connectivity index (χ4v) is 2.85. The molecule has 0 aromatic carbocycles. The number of carboxylic acid groups (broad SMARTS) is 1. The predicted molar refractivity (Wildman–Crippen MR) is 81.2 cm³/mol. The molecular weight excluding hydrogens is 314 g/mol. The van der Waals surface area contributed by atoms with Gasteiger partial charge in [-0.05, 0) is 25.3 Å². The molecule has 0 unspecified atom stereocenters. The molecule has 0 radical (unpaired) electrons. The van der Waals surface area contributed by atoms with E-state index in [4.69, 9.17) is 16.7 Å². The van der Waals surface area contributed by atoms with Gasteiger partial charge in [-0.15, -0.1) is 11.3 Å². The first-order valence-electron chi connectivity index (χ1n) is 6.20. The summed E-state index contributed by atoms with van der Waals surface area (Å²) in [5.74, 6) is -1.19.